The van der Waals surface area contributed by atoms with E-state index in [1.165, 1.54) is 32.1 Å². The monoisotopic (exact) mass is 265 g/mol. The zero-order valence-electron chi connectivity index (χ0n) is 11.8. The van der Waals surface area contributed by atoms with Gasteiger partial charge in [-0.3, -0.25) is 4.79 Å². The maximum absolute atomic E-state index is 12.2. The average molecular weight is 265 g/mol. The minimum Gasteiger partial charge on any atom is -0.391 e. The molecule has 0 spiro atoms. The van der Waals surface area contributed by atoms with E-state index >= 15 is 0 Å². The van der Waals surface area contributed by atoms with E-state index in [0.717, 1.165) is 37.5 Å². The molecule has 108 valence electrons. The number of hydrogen-bond donors (Lipinski definition) is 2. The zero-order chi connectivity index (χ0) is 13.2. The molecule has 3 aliphatic rings. The Bertz CT molecular complexity index is 331. The molecule has 2 bridgehead atoms. The molecule has 2 N–H and O–H groups in total. The average Bonchev–Trinajstić information content (AvgIpc) is 2.93. The van der Waals surface area contributed by atoms with Gasteiger partial charge >= 0.3 is 0 Å². The number of amides is 1. The summed E-state index contributed by atoms with van der Waals surface area (Å²) in [5.41, 5.74) is 0. The molecule has 0 aromatic rings. The van der Waals surface area contributed by atoms with E-state index in [2.05, 4.69) is 5.32 Å². The number of rotatable bonds is 3. The van der Waals surface area contributed by atoms with Crippen molar-refractivity contribution in [1.82, 2.24) is 5.32 Å². The first kappa shape index (κ1) is 13.4. The van der Waals surface area contributed by atoms with Crippen molar-refractivity contribution in [2.75, 3.05) is 0 Å². The molecular formula is C16H27NO2. The van der Waals surface area contributed by atoms with Gasteiger partial charge in [0.25, 0.3) is 0 Å². The summed E-state index contributed by atoms with van der Waals surface area (Å²) in [6.07, 6.45) is 11.0. The molecule has 0 aromatic heterocycles. The van der Waals surface area contributed by atoms with Gasteiger partial charge < -0.3 is 10.4 Å². The molecule has 3 aliphatic carbocycles. The van der Waals surface area contributed by atoms with Gasteiger partial charge in [-0.15, -0.1) is 0 Å². The summed E-state index contributed by atoms with van der Waals surface area (Å²) in [5.74, 6) is 2.53. The van der Waals surface area contributed by atoms with E-state index in [-0.39, 0.29) is 18.1 Å². The standard InChI is InChI=1S/C16H27NO2/c18-15-5-3-1-2-4-14(15)17-16(19)10-13-9-11-6-7-12(13)8-11/h11-15,18H,1-10H2,(H,17,19). The molecule has 1 amide bonds. The second-order valence-corrected chi connectivity index (χ2v) is 7.02. The van der Waals surface area contributed by atoms with Gasteiger partial charge in [-0.05, 0) is 49.9 Å². The number of hydrogen-bond acceptors (Lipinski definition) is 2. The Labute approximate surface area is 116 Å². The maximum Gasteiger partial charge on any atom is 0.220 e. The highest BCUT2D eigenvalue weighted by molar-refractivity contribution is 5.76. The number of nitrogens with one attached hydrogen (secondary N) is 1. The molecule has 0 aromatic carbocycles. The highest BCUT2D eigenvalue weighted by atomic mass is 16.3. The van der Waals surface area contributed by atoms with Crippen LogP contribution in [0.2, 0.25) is 0 Å². The molecule has 3 saturated carbocycles. The van der Waals surface area contributed by atoms with Crippen LogP contribution in [0.25, 0.3) is 0 Å². The Morgan fingerprint density at radius 3 is 2.63 bits per heavy atom. The number of aliphatic hydroxyl groups is 1. The van der Waals surface area contributed by atoms with Gasteiger partial charge in [0.2, 0.25) is 5.91 Å². The van der Waals surface area contributed by atoms with Crippen LogP contribution in [0.15, 0.2) is 0 Å². The Morgan fingerprint density at radius 2 is 1.89 bits per heavy atom. The number of aliphatic hydroxyl groups excluding tert-OH is 1. The molecule has 0 saturated heterocycles. The van der Waals surface area contributed by atoms with Gasteiger partial charge in [0.15, 0.2) is 0 Å². The van der Waals surface area contributed by atoms with Gasteiger partial charge in [0.1, 0.15) is 0 Å². The second-order valence-electron chi connectivity index (χ2n) is 7.02. The summed E-state index contributed by atoms with van der Waals surface area (Å²) in [5, 5.41) is 13.2. The Balaban J connectivity index is 1.48. The lowest BCUT2D eigenvalue weighted by Crippen LogP contribution is -2.43. The summed E-state index contributed by atoms with van der Waals surface area (Å²) < 4.78 is 0. The minimum absolute atomic E-state index is 0.00795. The highest BCUT2D eigenvalue weighted by Crippen LogP contribution is 2.49. The van der Waals surface area contributed by atoms with Crippen molar-refractivity contribution in [2.24, 2.45) is 17.8 Å². The fraction of sp³-hybridized carbons (Fsp3) is 0.938. The van der Waals surface area contributed by atoms with E-state index in [1.54, 1.807) is 0 Å². The highest BCUT2D eigenvalue weighted by Gasteiger charge is 2.40. The Kier molecular flexibility index (Phi) is 4.11. The van der Waals surface area contributed by atoms with Crippen molar-refractivity contribution in [2.45, 2.75) is 76.4 Å². The molecule has 3 heteroatoms. The third kappa shape index (κ3) is 3.13. The minimum atomic E-state index is -0.327. The molecule has 3 fully saturated rings. The Hall–Kier alpha value is -0.570. The van der Waals surface area contributed by atoms with Crippen LogP contribution in [0.5, 0.6) is 0 Å². The van der Waals surface area contributed by atoms with Crippen LogP contribution in [0.4, 0.5) is 0 Å². The summed E-state index contributed by atoms with van der Waals surface area (Å²) in [7, 11) is 0. The molecule has 3 nitrogen and oxygen atoms in total. The topological polar surface area (TPSA) is 49.3 Å². The van der Waals surface area contributed by atoms with Crippen LogP contribution in [0.1, 0.15) is 64.2 Å². The predicted molar refractivity (Wildman–Crippen MR) is 74.6 cm³/mol. The number of carbonyl (C=O) groups excluding carboxylic acids is 1. The predicted octanol–water partition coefficient (Wildman–Crippen LogP) is 2.62. The first-order valence-electron chi connectivity index (χ1n) is 8.20. The normalized spacial score (nSPS) is 42.1. The molecule has 3 rings (SSSR count). The third-order valence-electron chi connectivity index (χ3n) is 5.66. The van der Waals surface area contributed by atoms with Crippen LogP contribution in [0.3, 0.4) is 0 Å². The van der Waals surface area contributed by atoms with Crippen molar-refractivity contribution in [3.8, 4) is 0 Å². The summed E-state index contributed by atoms with van der Waals surface area (Å²) in [6.45, 7) is 0. The SMILES string of the molecule is O=C(CC1CC2CCC1C2)NC1CCCCCC1O. The van der Waals surface area contributed by atoms with E-state index in [4.69, 9.17) is 0 Å². The quantitative estimate of drug-likeness (QED) is 0.771. The van der Waals surface area contributed by atoms with E-state index in [1.807, 2.05) is 0 Å². The van der Waals surface area contributed by atoms with Gasteiger partial charge in [-0.25, -0.2) is 0 Å². The van der Waals surface area contributed by atoms with E-state index < -0.39 is 0 Å². The maximum atomic E-state index is 12.2. The molecule has 0 aliphatic heterocycles. The summed E-state index contributed by atoms with van der Waals surface area (Å²) >= 11 is 0. The third-order valence-corrected chi connectivity index (χ3v) is 5.66. The van der Waals surface area contributed by atoms with Crippen LogP contribution < -0.4 is 5.32 Å². The van der Waals surface area contributed by atoms with Crippen molar-refractivity contribution >= 4 is 5.91 Å². The van der Waals surface area contributed by atoms with Gasteiger partial charge in [0, 0.05) is 6.42 Å². The largest absolute Gasteiger partial charge is 0.391 e. The fourth-order valence-electron chi connectivity index (χ4n) is 4.59. The molecule has 0 radical (unpaired) electrons. The van der Waals surface area contributed by atoms with Crippen molar-refractivity contribution in [3.63, 3.8) is 0 Å². The van der Waals surface area contributed by atoms with Gasteiger partial charge in [-0.1, -0.05) is 25.7 Å². The molecule has 5 atom stereocenters. The molecule has 19 heavy (non-hydrogen) atoms. The smallest absolute Gasteiger partial charge is 0.220 e. The van der Waals surface area contributed by atoms with Crippen LogP contribution in [0, 0.1) is 17.8 Å². The van der Waals surface area contributed by atoms with Crippen molar-refractivity contribution in [1.29, 1.82) is 0 Å². The van der Waals surface area contributed by atoms with Crippen LogP contribution in [-0.4, -0.2) is 23.2 Å². The first-order valence-corrected chi connectivity index (χ1v) is 8.20. The number of carbonyl (C=O) groups is 1. The summed E-state index contributed by atoms with van der Waals surface area (Å²) in [4.78, 5) is 12.2. The Morgan fingerprint density at radius 1 is 1.05 bits per heavy atom. The van der Waals surface area contributed by atoms with E-state index in [9.17, 15) is 9.90 Å². The van der Waals surface area contributed by atoms with Crippen molar-refractivity contribution < 1.29 is 9.90 Å². The van der Waals surface area contributed by atoms with Crippen molar-refractivity contribution in [3.05, 3.63) is 0 Å². The van der Waals surface area contributed by atoms with Crippen LogP contribution in [-0.2, 0) is 4.79 Å². The van der Waals surface area contributed by atoms with E-state index in [0.29, 0.717) is 12.3 Å². The zero-order valence-corrected chi connectivity index (χ0v) is 11.8. The van der Waals surface area contributed by atoms with Gasteiger partial charge in [0.05, 0.1) is 12.1 Å². The van der Waals surface area contributed by atoms with Gasteiger partial charge in [-0.2, -0.15) is 0 Å². The van der Waals surface area contributed by atoms with Crippen LogP contribution >= 0.6 is 0 Å². The lowest BCUT2D eigenvalue weighted by Gasteiger charge is -2.25. The number of fused-ring (bicyclic) bond motifs is 2. The second kappa shape index (κ2) is 5.82. The lowest BCUT2D eigenvalue weighted by atomic mass is 9.86. The first-order chi connectivity index (χ1) is 9.22. The fourth-order valence-corrected chi connectivity index (χ4v) is 4.59. The summed E-state index contributed by atoms with van der Waals surface area (Å²) in [6, 6.07) is 0.00795. The lowest BCUT2D eigenvalue weighted by molar-refractivity contribution is -0.124. The molecule has 5 unspecified atom stereocenters. The molecular weight excluding hydrogens is 238 g/mol. The molecule has 0 heterocycles.